The highest BCUT2D eigenvalue weighted by atomic mass is 16.6. The van der Waals surface area contributed by atoms with Gasteiger partial charge in [-0.3, -0.25) is 19.8 Å². The van der Waals surface area contributed by atoms with Crippen molar-refractivity contribution < 1.29 is 14.8 Å². The summed E-state index contributed by atoms with van der Waals surface area (Å²) < 4.78 is 0. The molecule has 33 heavy (non-hydrogen) atoms. The van der Waals surface area contributed by atoms with Crippen LogP contribution in [0, 0.1) is 10.1 Å². The van der Waals surface area contributed by atoms with E-state index in [1.54, 1.807) is 0 Å². The Morgan fingerprint density at radius 1 is 0.758 bits per heavy atom. The van der Waals surface area contributed by atoms with Crippen LogP contribution < -0.4 is 0 Å². The lowest BCUT2D eigenvalue weighted by atomic mass is 10.1. The molecule has 0 bridgehead atoms. The molecule has 0 saturated heterocycles. The van der Waals surface area contributed by atoms with E-state index in [1.807, 2.05) is 6.92 Å². The highest BCUT2D eigenvalue weighted by Crippen LogP contribution is 2.14. The van der Waals surface area contributed by atoms with Crippen LogP contribution in [-0.2, 0) is 4.79 Å². The van der Waals surface area contributed by atoms with Gasteiger partial charge in [-0.15, -0.1) is 0 Å². The lowest BCUT2D eigenvalue weighted by Gasteiger charge is -2.30. The lowest BCUT2D eigenvalue weighted by Crippen LogP contribution is -2.39. The second-order valence-corrected chi connectivity index (χ2v) is 9.33. The van der Waals surface area contributed by atoms with Crippen LogP contribution in [-0.4, -0.2) is 53.0 Å². The van der Waals surface area contributed by atoms with Gasteiger partial charge in [0.2, 0.25) is 5.78 Å². The van der Waals surface area contributed by atoms with E-state index < -0.39 is 11.5 Å². The van der Waals surface area contributed by atoms with Crippen molar-refractivity contribution in [2.45, 2.75) is 143 Å². The van der Waals surface area contributed by atoms with Crippen LogP contribution in [0.3, 0.4) is 0 Å². The number of hydrogen-bond acceptors (Lipinski definition) is 5. The van der Waals surface area contributed by atoms with Gasteiger partial charge in [0.05, 0.1) is 6.61 Å². The second-order valence-electron chi connectivity index (χ2n) is 9.33. The van der Waals surface area contributed by atoms with Gasteiger partial charge < -0.3 is 5.11 Å². The van der Waals surface area contributed by atoms with Crippen LogP contribution in [0.1, 0.15) is 137 Å². The van der Waals surface area contributed by atoms with Crippen molar-refractivity contribution >= 4 is 5.78 Å². The van der Waals surface area contributed by atoms with Crippen LogP contribution in [0.2, 0.25) is 0 Å². The Labute approximate surface area is 205 Å². The monoisotopic (exact) mass is 472 g/mol. The average Bonchev–Trinajstić information content (AvgIpc) is 2.78. The Bertz CT molecular complexity index is 416. The number of ketones is 1. The summed E-state index contributed by atoms with van der Waals surface area (Å²) in [7, 11) is 0. The molecule has 0 aliphatic heterocycles. The average molecular weight is 473 g/mol. The van der Waals surface area contributed by atoms with E-state index in [9.17, 15) is 20.0 Å². The van der Waals surface area contributed by atoms with Crippen molar-refractivity contribution in [3.8, 4) is 0 Å². The van der Waals surface area contributed by atoms with Gasteiger partial charge >= 0.3 is 0 Å². The van der Waals surface area contributed by atoms with Crippen molar-refractivity contribution in [3.05, 3.63) is 10.1 Å². The fourth-order valence-corrected chi connectivity index (χ4v) is 4.00. The van der Waals surface area contributed by atoms with Gasteiger partial charge in [0.15, 0.2) is 0 Å². The zero-order chi connectivity index (χ0) is 25.2. The molecule has 0 spiro atoms. The first kappa shape index (κ1) is 34.2. The molecular formula is C27H56N2O4. The molecule has 0 saturated carbocycles. The number of rotatable bonds is 23. The molecule has 0 aromatic carbocycles. The normalized spacial score (nSPS) is 11.8. The van der Waals surface area contributed by atoms with Gasteiger partial charge in [0.1, 0.15) is 0 Å². The predicted octanol–water partition coefficient (Wildman–Crippen LogP) is 7.19. The minimum Gasteiger partial charge on any atom is -0.395 e. The van der Waals surface area contributed by atoms with Gasteiger partial charge in [-0.05, 0) is 38.8 Å². The van der Waals surface area contributed by atoms with Crippen LogP contribution in [0.15, 0.2) is 0 Å². The van der Waals surface area contributed by atoms with E-state index >= 15 is 0 Å². The topological polar surface area (TPSA) is 83.7 Å². The standard InChI is InChI=1S/C22H47NO.C5H9NO3/c1-4-7-10-12-14-16-19-23(22(21-24)18-9-6-3)20-17-15-13-11-8-5-2;1-2-3-5(7)4-6(8)9/h22,24H,4-21H2,1-3H3;2-4H2,1H3. The molecule has 0 rings (SSSR count). The Hall–Kier alpha value is -1.01. The first-order valence-electron chi connectivity index (χ1n) is 13.9. The molecule has 6 nitrogen and oxygen atoms in total. The quantitative estimate of drug-likeness (QED) is 0.0966. The lowest BCUT2D eigenvalue weighted by molar-refractivity contribution is -0.467. The highest BCUT2D eigenvalue weighted by molar-refractivity contribution is 5.79. The molecule has 6 heteroatoms. The van der Waals surface area contributed by atoms with Crippen LogP contribution in [0.25, 0.3) is 0 Å². The summed E-state index contributed by atoms with van der Waals surface area (Å²) in [6, 6.07) is 0.399. The molecule has 0 radical (unpaired) electrons. The molecule has 1 N–H and O–H groups in total. The molecular weight excluding hydrogens is 416 g/mol. The van der Waals surface area contributed by atoms with E-state index in [-0.39, 0.29) is 5.78 Å². The van der Waals surface area contributed by atoms with E-state index in [1.165, 1.54) is 109 Å². The van der Waals surface area contributed by atoms with Crippen LogP contribution >= 0.6 is 0 Å². The van der Waals surface area contributed by atoms with Gasteiger partial charge in [0.25, 0.3) is 6.54 Å². The van der Waals surface area contributed by atoms with Crippen molar-refractivity contribution in [2.24, 2.45) is 0 Å². The number of Topliss-reactive ketones (excluding diaryl/α,β-unsaturated/α-hetero) is 1. The minimum absolute atomic E-state index is 0.289. The third-order valence-electron chi connectivity index (χ3n) is 6.05. The molecule has 0 aliphatic carbocycles. The van der Waals surface area contributed by atoms with E-state index in [2.05, 4.69) is 25.7 Å². The molecule has 0 fully saturated rings. The first-order chi connectivity index (χ1) is 16.0. The molecule has 0 heterocycles. The predicted molar refractivity (Wildman–Crippen MR) is 141 cm³/mol. The number of unbranched alkanes of at least 4 members (excludes halogenated alkanes) is 11. The third kappa shape index (κ3) is 25.5. The zero-order valence-corrected chi connectivity index (χ0v) is 22.5. The fourth-order valence-electron chi connectivity index (χ4n) is 4.00. The number of aliphatic hydroxyl groups excluding tert-OH is 1. The van der Waals surface area contributed by atoms with Crippen molar-refractivity contribution in [2.75, 3.05) is 26.2 Å². The zero-order valence-electron chi connectivity index (χ0n) is 22.5. The molecule has 1 atom stereocenters. The van der Waals surface area contributed by atoms with Gasteiger partial charge in [-0.2, -0.15) is 0 Å². The Morgan fingerprint density at radius 3 is 1.61 bits per heavy atom. The van der Waals surface area contributed by atoms with E-state index in [0.29, 0.717) is 25.5 Å². The van der Waals surface area contributed by atoms with Crippen LogP contribution in [0.5, 0.6) is 0 Å². The first-order valence-corrected chi connectivity index (χ1v) is 13.9. The third-order valence-corrected chi connectivity index (χ3v) is 6.05. The van der Waals surface area contributed by atoms with Gasteiger partial charge in [-0.25, -0.2) is 0 Å². The largest absolute Gasteiger partial charge is 0.395 e. The van der Waals surface area contributed by atoms with Gasteiger partial charge in [-0.1, -0.05) is 105 Å². The highest BCUT2D eigenvalue weighted by Gasteiger charge is 2.16. The smallest absolute Gasteiger partial charge is 0.261 e. The van der Waals surface area contributed by atoms with Gasteiger partial charge in [0, 0.05) is 17.4 Å². The second kappa shape index (κ2) is 27.2. The van der Waals surface area contributed by atoms with E-state index in [0.717, 1.165) is 0 Å². The Balaban J connectivity index is 0. The fraction of sp³-hybridized carbons (Fsp3) is 0.963. The Morgan fingerprint density at radius 2 is 1.21 bits per heavy atom. The van der Waals surface area contributed by atoms with Crippen molar-refractivity contribution in [3.63, 3.8) is 0 Å². The number of carbonyl (C=O) groups is 1. The summed E-state index contributed by atoms with van der Waals surface area (Å²) in [4.78, 5) is 22.1. The number of aliphatic hydroxyl groups is 1. The maximum absolute atomic E-state index is 10.4. The summed E-state index contributed by atoms with van der Waals surface area (Å²) in [5.41, 5.74) is 0. The number of nitrogens with zero attached hydrogens (tertiary/aromatic N) is 2. The summed E-state index contributed by atoms with van der Waals surface area (Å²) in [6.45, 7) is 10.8. The van der Waals surface area contributed by atoms with E-state index in [4.69, 9.17) is 0 Å². The van der Waals surface area contributed by atoms with Crippen molar-refractivity contribution in [1.29, 1.82) is 0 Å². The summed E-state index contributed by atoms with van der Waals surface area (Å²) in [5.74, 6) is -0.289. The molecule has 0 aliphatic rings. The molecule has 0 aromatic rings. The number of hydrogen-bond donors (Lipinski definition) is 1. The molecule has 1 unspecified atom stereocenters. The number of carbonyl (C=O) groups excluding carboxylic acids is 1. The summed E-state index contributed by atoms with van der Waals surface area (Å²) in [5, 5.41) is 19.5. The maximum atomic E-state index is 10.4. The molecule has 198 valence electrons. The Kier molecular flexibility index (Phi) is 28.2. The van der Waals surface area contributed by atoms with Crippen molar-refractivity contribution in [1.82, 2.24) is 4.90 Å². The summed E-state index contributed by atoms with van der Waals surface area (Å²) in [6.07, 6.45) is 21.0. The minimum atomic E-state index is -0.599. The molecule has 0 aromatic heterocycles. The van der Waals surface area contributed by atoms with Crippen LogP contribution in [0.4, 0.5) is 0 Å². The molecule has 0 amide bonds. The summed E-state index contributed by atoms with van der Waals surface area (Å²) >= 11 is 0. The maximum Gasteiger partial charge on any atom is 0.261 e. The SMILES string of the molecule is CCCC(=O)C[N+](=O)[O-].CCCCCCCCN(CCCCCCCC)C(CO)CCCC. The number of nitro groups is 1.